The molecular formula is C18H27N3O5. The molecule has 2 aliphatic carbocycles. The zero-order valence-electron chi connectivity index (χ0n) is 14.8. The molecule has 0 heterocycles. The van der Waals surface area contributed by atoms with E-state index in [1.165, 1.54) is 0 Å². The van der Waals surface area contributed by atoms with Gasteiger partial charge in [-0.15, -0.1) is 11.8 Å². The number of fused-ring (bicyclic) bond motifs is 1. The second kappa shape index (κ2) is 10.0. The fourth-order valence-corrected chi connectivity index (χ4v) is 3.37. The van der Waals surface area contributed by atoms with Crippen LogP contribution in [0.4, 0.5) is 4.79 Å². The van der Waals surface area contributed by atoms with Crippen molar-refractivity contribution < 1.29 is 24.2 Å². The summed E-state index contributed by atoms with van der Waals surface area (Å²) >= 11 is 0. The second-order valence-corrected chi connectivity index (χ2v) is 6.78. The maximum Gasteiger partial charge on any atom is 0.407 e. The molecule has 4 atom stereocenters. The predicted molar refractivity (Wildman–Crippen MR) is 93.9 cm³/mol. The van der Waals surface area contributed by atoms with Crippen LogP contribution in [-0.4, -0.2) is 48.8 Å². The van der Waals surface area contributed by atoms with Gasteiger partial charge in [-0.3, -0.25) is 9.59 Å². The number of carboxylic acid groups (broad SMARTS) is 1. The molecule has 0 spiro atoms. The first kappa shape index (κ1) is 20.0. The second-order valence-electron chi connectivity index (χ2n) is 6.78. The van der Waals surface area contributed by atoms with Gasteiger partial charge in [-0.1, -0.05) is 0 Å². The Hall–Kier alpha value is -2.27. The van der Waals surface area contributed by atoms with E-state index < -0.39 is 18.1 Å². The zero-order chi connectivity index (χ0) is 18.9. The van der Waals surface area contributed by atoms with Gasteiger partial charge in [0.15, 0.2) is 0 Å². The van der Waals surface area contributed by atoms with E-state index in [4.69, 9.17) is 15.6 Å². The fourth-order valence-electron chi connectivity index (χ4n) is 3.37. The Morgan fingerprint density at radius 3 is 2.35 bits per heavy atom. The van der Waals surface area contributed by atoms with Crippen molar-refractivity contribution >= 4 is 18.0 Å². The van der Waals surface area contributed by atoms with Gasteiger partial charge in [-0.05, 0) is 37.0 Å². The van der Waals surface area contributed by atoms with Crippen molar-refractivity contribution in [3.8, 4) is 11.8 Å². The average molecular weight is 365 g/mol. The summed E-state index contributed by atoms with van der Waals surface area (Å²) in [5.41, 5.74) is 5.32. The van der Waals surface area contributed by atoms with E-state index >= 15 is 0 Å². The molecule has 8 nitrogen and oxygen atoms in total. The molecule has 8 heteroatoms. The van der Waals surface area contributed by atoms with E-state index in [2.05, 4.69) is 22.5 Å². The standard InChI is InChI=1S/C18H27N3O5/c19-15(17(23)24)7-8-16(22)20-9-10-21-18(25)26-11-14-12-5-3-1-2-4-6-13(12)14/h12-15H,3-11,19H2,(H,20,22)(H,21,25)(H,23,24)/t12-,13+,14?,15-/m0/s1. The van der Waals surface area contributed by atoms with Gasteiger partial charge in [-0.2, -0.15) is 0 Å². The molecule has 0 aromatic heterocycles. The number of nitrogens with one attached hydrogen (secondary N) is 2. The summed E-state index contributed by atoms with van der Waals surface area (Å²) in [5, 5.41) is 13.8. The Bertz CT molecular complexity index is 565. The number of hydrogen-bond acceptors (Lipinski definition) is 5. The zero-order valence-corrected chi connectivity index (χ0v) is 14.8. The van der Waals surface area contributed by atoms with Crippen LogP contribution in [0.2, 0.25) is 0 Å². The lowest BCUT2D eigenvalue weighted by molar-refractivity contribution is -0.138. The Balaban J connectivity index is 1.49. The van der Waals surface area contributed by atoms with Crippen LogP contribution in [0.1, 0.15) is 38.5 Å². The quantitative estimate of drug-likeness (QED) is 0.347. The van der Waals surface area contributed by atoms with Gasteiger partial charge in [0.2, 0.25) is 5.91 Å². The first-order chi connectivity index (χ1) is 12.5. The van der Waals surface area contributed by atoms with Gasteiger partial charge in [0.05, 0.1) is 6.61 Å². The number of amides is 2. The molecule has 144 valence electrons. The third-order valence-corrected chi connectivity index (χ3v) is 4.96. The number of rotatable bonds is 9. The highest BCUT2D eigenvalue weighted by Crippen LogP contribution is 2.52. The highest BCUT2D eigenvalue weighted by molar-refractivity contribution is 5.78. The molecule has 2 amide bonds. The maximum atomic E-state index is 11.7. The van der Waals surface area contributed by atoms with Gasteiger partial charge in [0.25, 0.3) is 0 Å². The van der Waals surface area contributed by atoms with Gasteiger partial charge >= 0.3 is 12.1 Å². The van der Waals surface area contributed by atoms with Crippen molar-refractivity contribution in [2.75, 3.05) is 19.7 Å². The molecule has 0 aromatic carbocycles. The van der Waals surface area contributed by atoms with Gasteiger partial charge < -0.3 is 26.2 Å². The predicted octanol–water partition coefficient (Wildman–Crippen LogP) is 0.460. The number of carboxylic acids is 1. The molecule has 0 radical (unpaired) electrons. The normalized spacial score (nSPS) is 24.6. The van der Waals surface area contributed by atoms with Crippen molar-refractivity contribution in [3.63, 3.8) is 0 Å². The minimum absolute atomic E-state index is 0.0338. The van der Waals surface area contributed by atoms with Crippen molar-refractivity contribution in [2.24, 2.45) is 23.5 Å². The highest BCUT2D eigenvalue weighted by atomic mass is 16.5. The van der Waals surface area contributed by atoms with Crippen LogP contribution < -0.4 is 16.4 Å². The SMILES string of the molecule is N[C@@H](CCC(=O)NCCNC(=O)OCC1[C@H]2CCC#CCC[C@@H]12)C(=O)O. The molecule has 5 N–H and O–H groups in total. The van der Waals surface area contributed by atoms with Gasteiger partial charge in [-0.25, -0.2) is 4.79 Å². The number of carbonyl (C=O) groups is 3. The summed E-state index contributed by atoms with van der Waals surface area (Å²) in [7, 11) is 0. The minimum Gasteiger partial charge on any atom is -0.480 e. The Morgan fingerprint density at radius 1 is 1.12 bits per heavy atom. The molecule has 1 fully saturated rings. The summed E-state index contributed by atoms with van der Waals surface area (Å²) in [4.78, 5) is 33.8. The monoisotopic (exact) mass is 365 g/mol. The van der Waals surface area contributed by atoms with Gasteiger partial charge in [0, 0.05) is 32.4 Å². The number of nitrogens with two attached hydrogens (primary N) is 1. The van der Waals surface area contributed by atoms with E-state index in [1.807, 2.05) is 0 Å². The molecule has 0 saturated heterocycles. The lowest BCUT2D eigenvalue weighted by Gasteiger charge is -2.09. The molecule has 26 heavy (non-hydrogen) atoms. The molecule has 0 aliphatic heterocycles. The van der Waals surface area contributed by atoms with Crippen LogP contribution in [0, 0.1) is 29.6 Å². The highest BCUT2D eigenvalue weighted by Gasteiger charge is 2.49. The van der Waals surface area contributed by atoms with Crippen molar-refractivity contribution in [1.82, 2.24) is 10.6 Å². The summed E-state index contributed by atoms with van der Waals surface area (Å²) in [5.74, 6) is 6.59. The van der Waals surface area contributed by atoms with Crippen molar-refractivity contribution in [2.45, 2.75) is 44.6 Å². The Kier molecular flexibility index (Phi) is 7.73. The first-order valence-corrected chi connectivity index (χ1v) is 9.10. The van der Waals surface area contributed by atoms with Crippen LogP contribution >= 0.6 is 0 Å². The molecule has 1 saturated carbocycles. The third-order valence-electron chi connectivity index (χ3n) is 4.96. The molecular weight excluding hydrogens is 338 g/mol. The molecule has 1 unspecified atom stereocenters. The first-order valence-electron chi connectivity index (χ1n) is 9.10. The smallest absolute Gasteiger partial charge is 0.407 e. The summed E-state index contributed by atoms with van der Waals surface area (Å²) in [6.07, 6.45) is 3.66. The molecule has 2 rings (SSSR count). The van der Waals surface area contributed by atoms with Crippen LogP contribution in [0.25, 0.3) is 0 Å². The van der Waals surface area contributed by atoms with E-state index in [0.29, 0.717) is 24.4 Å². The van der Waals surface area contributed by atoms with Gasteiger partial charge in [0.1, 0.15) is 6.04 Å². The lowest BCUT2D eigenvalue weighted by Crippen LogP contribution is -2.36. The van der Waals surface area contributed by atoms with Crippen LogP contribution in [0.5, 0.6) is 0 Å². The number of alkyl carbamates (subject to hydrolysis) is 1. The Labute approximate surface area is 153 Å². The van der Waals surface area contributed by atoms with Crippen molar-refractivity contribution in [3.05, 3.63) is 0 Å². The number of aliphatic carboxylic acids is 1. The molecule has 0 bridgehead atoms. The van der Waals surface area contributed by atoms with E-state index in [9.17, 15) is 14.4 Å². The number of ether oxygens (including phenoxy) is 1. The fraction of sp³-hybridized carbons (Fsp3) is 0.722. The number of hydrogen-bond donors (Lipinski definition) is 4. The minimum atomic E-state index is -1.13. The van der Waals surface area contributed by atoms with Crippen LogP contribution in [0.3, 0.4) is 0 Å². The summed E-state index contributed by atoms with van der Waals surface area (Å²) in [6, 6.07) is -1.04. The van der Waals surface area contributed by atoms with Crippen molar-refractivity contribution in [1.29, 1.82) is 0 Å². The third kappa shape index (κ3) is 6.56. The number of carbonyl (C=O) groups excluding carboxylic acids is 2. The Morgan fingerprint density at radius 2 is 1.73 bits per heavy atom. The summed E-state index contributed by atoms with van der Waals surface area (Å²) in [6.45, 7) is 0.934. The average Bonchev–Trinajstić information content (AvgIpc) is 3.23. The van der Waals surface area contributed by atoms with Crippen LogP contribution in [-0.2, 0) is 14.3 Å². The topological polar surface area (TPSA) is 131 Å². The molecule has 2 aliphatic rings. The van der Waals surface area contributed by atoms with E-state index in [-0.39, 0.29) is 31.8 Å². The summed E-state index contributed by atoms with van der Waals surface area (Å²) < 4.78 is 5.27. The maximum absolute atomic E-state index is 11.7. The lowest BCUT2D eigenvalue weighted by atomic mass is 10.1. The van der Waals surface area contributed by atoms with E-state index in [1.54, 1.807) is 0 Å². The largest absolute Gasteiger partial charge is 0.480 e. The van der Waals surface area contributed by atoms with Crippen LogP contribution in [0.15, 0.2) is 0 Å². The van der Waals surface area contributed by atoms with E-state index in [0.717, 1.165) is 25.7 Å². The molecule has 0 aromatic rings.